The molecule has 1 amide bonds. The summed E-state index contributed by atoms with van der Waals surface area (Å²) in [6.45, 7) is 2.76. The third kappa shape index (κ3) is 3.58. The standard InChI is InChI=1S/C12H16ClN3OS/c1-3-16(2)10(17)7-15-9-6-4-5-8(13)11(9)12(14)18/h4-6,15H,3,7H2,1-2H3,(H2,14,18). The lowest BCUT2D eigenvalue weighted by molar-refractivity contribution is -0.127. The van der Waals surface area contributed by atoms with Gasteiger partial charge in [0.25, 0.3) is 0 Å². The van der Waals surface area contributed by atoms with Crippen LogP contribution in [0.4, 0.5) is 5.69 Å². The molecule has 0 atom stereocenters. The van der Waals surface area contributed by atoms with Gasteiger partial charge in [0.05, 0.1) is 17.1 Å². The Kier molecular flexibility index (Phi) is 5.37. The second kappa shape index (κ2) is 6.56. The van der Waals surface area contributed by atoms with Gasteiger partial charge in [0.1, 0.15) is 4.99 Å². The molecule has 0 aliphatic rings. The van der Waals surface area contributed by atoms with Crippen LogP contribution < -0.4 is 11.1 Å². The number of nitrogens with two attached hydrogens (primary N) is 1. The molecule has 98 valence electrons. The number of hydrogen-bond donors (Lipinski definition) is 2. The molecule has 18 heavy (non-hydrogen) atoms. The SMILES string of the molecule is CCN(C)C(=O)CNc1cccc(Cl)c1C(N)=S. The lowest BCUT2D eigenvalue weighted by Crippen LogP contribution is -2.32. The van der Waals surface area contributed by atoms with Crippen LogP contribution >= 0.6 is 23.8 Å². The average Bonchev–Trinajstić information content (AvgIpc) is 2.34. The summed E-state index contributed by atoms with van der Waals surface area (Å²) in [7, 11) is 1.75. The molecular weight excluding hydrogens is 270 g/mol. The van der Waals surface area contributed by atoms with Crippen molar-refractivity contribution in [3.8, 4) is 0 Å². The molecule has 0 fully saturated rings. The van der Waals surface area contributed by atoms with E-state index in [-0.39, 0.29) is 17.4 Å². The van der Waals surface area contributed by atoms with Crippen LogP contribution in [0, 0.1) is 0 Å². The number of likely N-dealkylation sites (N-methyl/N-ethyl adjacent to an activating group) is 1. The number of carbonyl (C=O) groups excluding carboxylic acids is 1. The van der Waals surface area contributed by atoms with Crippen LogP contribution in [-0.2, 0) is 4.79 Å². The number of halogens is 1. The van der Waals surface area contributed by atoms with Gasteiger partial charge in [-0.1, -0.05) is 29.9 Å². The third-order valence-corrected chi connectivity index (χ3v) is 3.11. The number of carbonyl (C=O) groups is 1. The highest BCUT2D eigenvalue weighted by molar-refractivity contribution is 7.80. The van der Waals surface area contributed by atoms with E-state index in [2.05, 4.69) is 5.32 Å². The molecule has 4 nitrogen and oxygen atoms in total. The topological polar surface area (TPSA) is 58.4 Å². The summed E-state index contributed by atoms with van der Waals surface area (Å²) in [6, 6.07) is 5.28. The lowest BCUT2D eigenvalue weighted by atomic mass is 10.1. The van der Waals surface area contributed by atoms with Crippen molar-refractivity contribution >= 4 is 40.4 Å². The number of rotatable bonds is 5. The quantitative estimate of drug-likeness (QED) is 0.811. The van der Waals surface area contributed by atoms with Crippen LogP contribution in [0.3, 0.4) is 0 Å². The first-order valence-corrected chi connectivity index (χ1v) is 6.32. The van der Waals surface area contributed by atoms with Gasteiger partial charge >= 0.3 is 0 Å². The number of anilines is 1. The average molecular weight is 286 g/mol. The molecule has 3 N–H and O–H groups in total. The van der Waals surface area contributed by atoms with Gasteiger partial charge in [0.2, 0.25) is 5.91 Å². The maximum absolute atomic E-state index is 11.7. The van der Waals surface area contributed by atoms with Crippen molar-refractivity contribution in [3.63, 3.8) is 0 Å². The van der Waals surface area contributed by atoms with Crippen LogP contribution in [0.15, 0.2) is 18.2 Å². The predicted octanol–water partition coefficient (Wildman–Crippen LogP) is 1.86. The summed E-state index contributed by atoms with van der Waals surface area (Å²) >= 11 is 11.0. The Morgan fingerprint density at radius 1 is 1.56 bits per heavy atom. The molecule has 0 aromatic heterocycles. The Morgan fingerprint density at radius 2 is 2.22 bits per heavy atom. The molecule has 6 heteroatoms. The Labute approximate surface area is 117 Å². The van der Waals surface area contributed by atoms with Gasteiger partial charge in [-0.15, -0.1) is 0 Å². The minimum Gasteiger partial charge on any atom is -0.389 e. The normalized spacial score (nSPS) is 9.94. The predicted molar refractivity (Wildman–Crippen MR) is 79.1 cm³/mol. The van der Waals surface area contributed by atoms with Crippen molar-refractivity contribution in [2.45, 2.75) is 6.92 Å². The maximum Gasteiger partial charge on any atom is 0.241 e. The van der Waals surface area contributed by atoms with E-state index in [1.165, 1.54) is 0 Å². The molecule has 0 unspecified atom stereocenters. The van der Waals surface area contributed by atoms with E-state index in [1.54, 1.807) is 30.1 Å². The zero-order chi connectivity index (χ0) is 13.7. The van der Waals surface area contributed by atoms with Crippen molar-refractivity contribution in [1.29, 1.82) is 0 Å². The van der Waals surface area contributed by atoms with Crippen LogP contribution in [0.5, 0.6) is 0 Å². The van der Waals surface area contributed by atoms with E-state index in [1.807, 2.05) is 6.92 Å². The number of hydrogen-bond acceptors (Lipinski definition) is 3. The molecule has 0 saturated carbocycles. The third-order valence-electron chi connectivity index (χ3n) is 2.59. The highest BCUT2D eigenvalue weighted by Gasteiger charge is 2.11. The first-order chi connectivity index (χ1) is 8.47. The molecule has 0 heterocycles. The van der Waals surface area contributed by atoms with Crippen LogP contribution in [-0.4, -0.2) is 35.9 Å². The Balaban J connectivity index is 2.83. The smallest absolute Gasteiger partial charge is 0.241 e. The van der Waals surface area contributed by atoms with Crippen molar-refractivity contribution in [2.24, 2.45) is 5.73 Å². The van der Waals surface area contributed by atoms with Gasteiger partial charge < -0.3 is 16.0 Å². The zero-order valence-electron chi connectivity index (χ0n) is 10.4. The van der Waals surface area contributed by atoms with Crippen LogP contribution in [0.25, 0.3) is 0 Å². The molecule has 0 saturated heterocycles. The van der Waals surface area contributed by atoms with E-state index in [9.17, 15) is 4.79 Å². The fraction of sp³-hybridized carbons (Fsp3) is 0.333. The van der Waals surface area contributed by atoms with Crippen molar-refractivity contribution in [2.75, 3.05) is 25.5 Å². The van der Waals surface area contributed by atoms with Gasteiger partial charge in [-0.3, -0.25) is 4.79 Å². The number of amides is 1. The highest BCUT2D eigenvalue weighted by Crippen LogP contribution is 2.24. The Bertz CT molecular complexity index is 465. The van der Waals surface area contributed by atoms with E-state index >= 15 is 0 Å². The number of benzene rings is 1. The second-order valence-electron chi connectivity index (χ2n) is 3.79. The molecule has 0 aliphatic heterocycles. The summed E-state index contributed by atoms with van der Waals surface area (Å²) in [5, 5.41) is 3.48. The lowest BCUT2D eigenvalue weighted by Gasteiger charge is -2.17. The fourth-order valence-electron chi connectivity index (χ4n) is 1.40. The summed E-state index contributed by atoms with van der Waals surface area (Å²) in [4.78, 5) is 13.5. The first-order valence-electron chi connectivity index (χ1n) is 5.53. The molecule has 1 aromatic carbocycles. The van der Waals surface area contributed by atoms with E-state index in [4.69, 9.17) is 29.6 Å². The minimum atomic E-state index is -0.00800. The van der Waals surface area contributed by atoms with Crippen LogP contribution in [0.2, 0.25) is 5.02 Å². The molecule has 0 spiro atoms. The first kappa shape index (κ1) is 14.7. The summed E-state index contributed by atoms with van der Waals surface area (Å²) in [6.07, 6.45) is 0. The van der Waals surface area contributed by atoms with Crippen molar-refractivity contribution < 1.29 is 4.79 Å². The monoisotopic (exact) mass is 285 g/mol. The number of nitrogens with zero attached hydrogens (tertiary/aromatic N) is 1. The van der Waals surface area contributed by atoms with Gasteiger partial charge in [-0.05, 0) is 19.1 Å². The molecule has 1 aromatic rings. The Hall–Kier alpha value is -1.33. The van der Waals surface area contributed by atoms with Crippen molar-refractivity contribution in [3.05, 3.63) is 28.8 Å². The van der Waals surface area contributed by atoms with E-state index in [0.717, 1.165) is 0 Å². The summed E-state index contributed by atoms with van der Waals surface area (Å²) in [5.74, 6) is -0.00800. The minimum absolute atomic E-state index is 0.00800. The largest absolute Gasteiger partial charge is 0.389 e. The molecule has 0 radical (unpaired) electrons. The van der Waals surface area contributed by atoms with Crippen molar-refractivity contribution in [1.82, 2.24) is 4.90 Å². The van der Waals surface area contributed by atoms with Gasteiger partial charge in [0.15, 0.2) is 0 Å². The summed E-state index contributed by atoms with van der Waals surface area (Å²) in [5.41, 5.74) is 6.86. The van der Waals surface area contributed by atoms with E-state index in [0.29, 0.717) is 22.8 Å². The van der Waals surface area contributed by atoms with Gasteiger partial charge in [0, 0.05) is 19.3 Å². The molecule has 1 rings (SSSR count). The number of nitrogens with one attached hydrogen (secondary N) is 1. The van der Waals surface area contributed by atoms with E-state index < -0.39 is 0 Å². The van der Waals surface area contributed by atoms with Crippen LogP contribution in [0.1, 0.15) is 12.5 Å². The fourth-order valence-corrected chi connectivity index (χ4v) is 1.96. The zero-order valence-corrected chi connectivity index (χ0v) is 11.9. The second-order valence-corrected chi connectivity index (χ2v) is 4.64. The van der Waals surface area contributed by atoms with Gasteiger partial charge in [-0.2, -0.15) is 0 Å². The molecular formula is C12H16ClN3OS. The number of thiocarbonyl (C=S) groups is 1. The molecule has 0 aliphatic carbocycles. The highest BCUT2D eigenvalue weighted by atomic mass is 35.5. The Morgan fingerprint density at radius 3 is 2.78 bits per heavy atom. The van der Waals surface area contributed by atoms with Gasteiger partial charge in [-0.25, -0.2) is 0 Å². The maximum atomic E-state index is 11.7. The summed E-state index contributed by atoms with van der Waals surface area (Å²) < 4.78 is 0. The molecule has 0 bridgehead atoms.